The van der Waals surface area contributed by atoms with E-state index in [1.54, 1.807) is 0 Å². The molecule has 0 amide bonds. The Balaban J connectivity index is 1.86. The van der Waals surface area contributed by atoms with Gasteiger partial charge in [-0.3, -0.25) is 0 Å². The molecule has 1 atom stereocenters. The van der Waals surface area contributed by atoms with Crippen LogP contribution >= 0.6 is 11.8 Å². The summed E-state index contributed by atoms with van der Waals surface area (Å²) in [7, 11) is 0. The lowest BCUT2D eigenvalue weighted by molar-refractivity contribution is 0.679. The molecule has 0 aliphatic heterocycles. The van der Waals surface area contributed by atoms with Crippen LogP contribution in [-0.4, -0.2) is 17.8 Å². The first-order chi connectivity index (χ1) is 7.65. The highest BCUT2D eigenvalue weighted by molar-refractivity contribution is 8.00. The molecule has 1 fully saturated rings. The van der Waals surface area contributed by atoms with E-state index in [-0.39, 0.29) is 0 Å². The Bertz CT molecular complexity index is 358. The van der Waals surface area contributed by atoms with Crippen molar-refractivity contribution in [2.45, 2.75) is 49.8 Å². The first-order valence-electron chi connectivity index (χ1n) is 6.12. The largest absolute Gasteiger partial charge is 0.313 e. The van der Waals surface area contributed by atoms with Gasteiger partial charge in [-0.05, 0) is 38.3 Å². The Morgan fingerprint density at radius 2 is 2.12 bits per heavy atom. The molecule has 88 valence electrons. The number of aryl methyl sites for hydroxylation is 2. The summed E-state index contributed by atoms with van der Waals surface area (Å²) in [5, 5.41) is 4.24. The van der Waals surface area contributed by atoms with Crippen LogP contribution in [0.1, 0.15) is 30.9 Å². The number of rotatable bonds is 5. The van der Waals surface area contributed by atoms with Gasteiger partial charge in [-0.25, -0.2) is 0 Å². The molecule has 1 aliphatic rings. The molecule has 1 aromatic rings. The van der Waals surface area contributed by atoms with Gasteiger partial charge in [-0.15, -0.1) is 11.8 Å². The molecule has 2 rings (SSSR count). The molecule has 1 aromatic carbocycles. The average molecular weight is 235 g/mol. The van der Waals surface area contributed by atoms with Crippen LogP contribution in [0, 0.1) is 13.8 Å². The van der Waals surface area contributed by atoms with Crippen LogP contribution in [0.2, 0.25) is 0 Å². The van der Waals surface area contributed by atoms with Crippen LogP contribution in [-0.2, 0) is 0 Å². The molecule has 0 spiro atoms. The zero-order valence-corrected chi connectivity index (χ0v) is 11.2. The van der Waals surface area contributed by atoms with E-state index < -0.39 is 0 Å². The van der Waals surface area contributed by atoms with Crippen LogP contribution in [0.3, 0.4) is 0 Å². The van der Waals surface area contributed by atoms with Crippen LogP contribution in [0.5, 0.6) is 0 Å². The van der Waals surface area contributed by atoms with Gasteiger partial charge in [0.05, 0.1) is 0 Å². The molecule has 0 radical (unpaired) electrons. The minimum Gasteiger partial charge on any atom is -0.313 e. The van der Waals surface area contributed by atoms with Crippen molar-refractivity contribution in [1.82, 2.24) is 5.32 Å². The summed E-state index contributed by atoms with van der Waals surface area (Å²) in [6.45, 7) is 7.79. The Labute approximate surface area is 103 Å². The van der Waals surface area contributed by atoms with Crippen molar-refractivity contribution < 1.29 is 0 Å². The first-order valence-corrected chi connectivity index (χ1v) is 7.00. The lowest BCUT2D eigenvalue weighted by Gasteiger charge is -2.14. The van der Waals surface area contributed by atoms with E-state index in [0.717, 1.165) is 12.6 Å². The molecule has 1 unspecified atom stereocenters. The average Bonchev–Trinajstić information content (AvgIpc) is 3.03. The maximum absolute atomic E-state index is 3.59. The second-order valence-corrected chi connectivity index (χ2v) is 6.36. The van der Waals surface area contributed by atoms with Crippen molar-refractivity contribution in [2.75, 3.05) is 6.54 Å². The van der Waals surface area contributed by atoms with Crippen molar-refractivity contribution in [1.29, 1.82) is 0 Å². The molecular weight excluding hydrogens is 214 g/mol. The van der Waals surface area contributed by atoms with E-state index in [0.29, 0.717) is 5.25 Å². The van der Waals surface area contributed by atoms with E-state index in [4.69, 9.17) is 0 Å². The second-order valence-electron chi connectivity index (χ2n) is 4.88. The van der Waals surface area contributed by atoms with Crippen LogP contribution in [0.25, 0.3) is 0 Å². The molecule has 1 aliphatic carbocycles. The predicted molar refractivity (Wildman–Crippen MR) is 72.3 cm³/mol. The summed E-state index contributed by atoms with van der Waals surface area (Å²) in [6, 6.07) is 7.55. The zero-order valence-electron chi connectivity index (χ0n) is 10.4. The highest BCUT2D eigenvalue weighted by atomic mass is 32.2. The summed E-state index contributed by atoms with van der Waals surface area (Å²) in [6.07, 6.45) is 2.75. The molecule has 1 nitrogen and oxygen atoms in total. The normalized spacial score (nSPS) is 17.4. The molecule has 2 heteroatoms. The van der Waals surface area contributed by atoms with E-state index >= 15 is 0 Å². The zero-order chi connectivity index (χ0) is 11.5. The van der Waals surface area contributed by atoms with Crippen molar-refractivity contribution in [3.05, 3.63) is 29.3 Å². The SMILES string of the molecule is Cc1ccc(SC(C)CNC2CC2)c(C)c1. The maximum atomic E-state index is 3.59. The summed E-state index contributed by atoms with van der Waals surface area (Å²) in [4.78, 5) is 1.43. The lowest BCUT2D eigenvalue weighted by atomic mass is 10.2. The monoisotopic (exact) mass is 235 g/mol. The number of thioether (sulfide) groups is 1. The smallest absolute Gasteiger partial charge is 0.0191 e. The highest BCUT2D eigenvalue weighted by Gasteiger charge is 2.21. The van der Waals surface area contributed by atoms with Crippen LogP contribution in [0.4, 0.5) is 0 Å². The molecule has 0 bridgehead atoms. The highest BCUT2D eigenvalue weighted by Crippen LogP contribution is 2.27. The van der Waals surface area contributed by atoms with E-state index in [1.807, 2.05) is 11.8 Å². The Morgan fingerprint density at radius 3 is 2.75 bits per heavy atom. The second kappa shape index (κ2) is 5.24. The van der Waals surface area contributed by atoms with Crippen molar-refractivity contribution in [3.63, 3.8) is 0 Å². The van der Waals surface area contributed by atoms with Crippen LogP contribution in [0.15, 0.2) is 23.1 Å². The van der Waals surface area contributed by atoms with Gasteiger partial charge in [0, 0.05) is 22.7 Å². The van der Waals surface area contributed by atoms with Gasteiger partial charge in [0.25, 0.3) is 0 Å². The molecular formula is C14H21NS. The van der Waals surface area contributed by atoms with Crippen molar-refractivity contribution in [3.8, 4) is 0 Å². The van der Waals surface area contributed by atoms with Gasteiger partial charge in [0.1, 0.15) is 0 Å². The minimum absolute atomic E-state index is 0.655. The quantitative estimate of drug-likeness (QED) is 0.784. The van der Waals surface area contributed by atoms with Crippen molar-refractivity contribution in [2.24, 2.45) is 0 Å². The van der Waals surface area contributed by atoms with Gasteiger partial charge in [-0.2, -0.15) is 0 Å². The fraction of sp³-hybridized carbons (Fsp3) is 0.571. The van der Waals surface area contributed by atoms with Gasteiger partial charge in [-0.1, -0.05) is 24.6 Å². The van der Waals surface area contributed by atoms with Gasteiger partial charge < -0.3 is 5.32 Å². The summed E-state index contributed by atoms with van der Waals surface area (Å²) < 4.78 is 0. The lowest BCUT2D eigenvalue weighted by Crippen LogP contribution is -2.24. The molecule has 0 saturated heterocycles. The van der Waals surface area contributed by atoms with E-state index in [9.17, 15) is 0 Å². The fourth-order valence-electron chi connectivity index (χ4n) is 1.81. The Hall–Kier alpha value is -0.470. The third-order valence-corrected chi connectivity index (χ3v) is 4.21. The van der Waals surface area contributed by atoms with Crippen molar-refractivity contribution >= 4 is 11.8 Å². The first kappa shape index (κ1) is 12.0. The van der Waals surface area contributed by atoms with Gasteiger partial charge in [0.15, 0.2) is 0 Å². The predicted octanol–water partition coefficient (Wildman–Crippen LogP) is 3.54. The molecule has 16 heavy (non-hydrogen) atoms. The Morgan fingerprint density at radius 1 is 1.38 bits per heavy atom. The minimum atomic E-state index is 0.655. The van der Waals surface area contributed by atoms with Gasteiger partial charge >= 0.3 is 0 Å². The number of hydrogen-bond acceptors (Lipinski definition) is 2. The third kappa shape index (κ3) is 3.53. The standard InChI is InChI=1S/C14H21NS/c1-10-4-7-14(11(2)8-10)16-12(3)9-15-13-5-6-13/h4,7-8,12-13,15H,5-6,9H2,1-3H3. The van der Waals surface area contributed by atoms with Gasteiger partial charge in [0.2, 0.25) is 0 Å². The summed E-state index contributed by atoms with van der Waals surface area (Å²) in [5.74, 6) is 0. The van der Waals surface area contributed by atoms with E-state index in [2.05, 4.69) is 44.3 Å². The maximum Gasteiger partial charge on any atom is 0.0191 e. The number of hydrogen-bond donors (Lipinski definition) is 1. The fourth-order valence-corrected chi connectivity index (χ4v) is 2.81. The topological polar surface area (TPSA) is 12.0 Å². The van der Waals surface area contributed by atoms with Crippen LogP contribution < -0.4 is 5.32 Å². The summed E-state index contributed by atoms with van der Waals surface area (Å²) in [5.41, 5.74) is 2.76. The third-order valence-electron chi connectivity index (χ3n) is 2.93. The summed E-state index contributed by atoms with van der Waals surface area (Å²) >= 11 is 1.99. The molecule has 1 N–H and O–H groups in total. The molecule has 1 saturated carbocycles. The molecule has 0 heterocycles. The number of nitrogens with one attached hydrogen (secondary N) is 1. The Kier molecular flexibility index (Phi) is 3.93. The molecule has 0 aromatic heterocycles. The van der Waals surface area contributed by atoms with E-state index in [1.165, 1.54) is 28.9 Å². The number of benzene rings is 1.